The highest BCUT2D eigenvalue weighted by molar-refractivity contribution is 5.72. The van der Waals surface area contributed by atoms with Crippen LogP contribution in [-0.4, -0.2) is 4.57 Å². The van der Waals surface area contributed by atoms with Crippen molar-refractivity contribution in [3.63, 3.8) is 0 Å². The van der Waals surface area contributed by atoms with E-state index in [1.807, 2.05) is 32.0 Å². The van der Waals surface area contributed by atoms with Crippen molar-refractivity contribution < 1.29 is 4.42 Å². The second-order valence-electron chi connectivity index (χ2n) is 5.47. The Morgan fingerprint density at radius 1 is 1.14 bits per heavy atom. The zero-order valence-corrected chi connectivity index (χ0v) is 12.2. The summed E-state index contributed by atoms with van der Waals surface area (Å²) in [6.45, 7) is 4.49. The van der Waals surface area contributed by atoms with Crippen molar-refractivity contribution in [2.24, 2.45) is 5.73 Å². The van der Waals surface area contributed by atoms with Crippen molar-refractivity contribution in [1.29, 1.82) is 0 Å². The first-order valence-electron chi connectivity index (χ1n) is 6.97. The molecular formula is C17H18N2O2. The van der Waals surface area contributed by atoms with Gasteiger partial charge >= 0.3 is 5.76 Å². The molecule has 21 heavy (non-hydrogen) atoms. The second-order valence-corrected chi connectivity index (χ2v) is 5.47. The molecule has 0 spiro atoms. The Morgan fingerprint density at radius 3 is 2.52 bits per heavy atom. The molecule has 0 aliphatic rings. The first-order valence-corrected chi connectivity index (χ1v) is 6.97. The lowest BCUT2D eigenvalue weighted by Crippen LogP contribution is -2.24. The SMILES string of the molecule is Cc1cc(C)cc(C(N)Cn2c(=O)oc3ccccc32)c1. The van der Waals surface area contributed by atoms with Crippen LogP contribution in [0.25, 0.3) is 11.1 Å². The molecule has 1 atom stereocenters. The first-order chi connectivity index (χ1) is 10.0. The maximum Gasteiger partial charge on any atom is 0.420 e. The van der Waals surface area contributed by atoms with Gasteiger partial charge in [-0.05, 0) is 31.5 Å². The fraction of sp³-hybridized carbons (Fsp3) is 0.235. The van der Waals surface area contributed by atoms with Gasteiger partial charge < -0.3 is 10.2 Å². The Kier molecular flexibility index (Phi) is 3.39. The molecule has 1 aromatic heterocycles. The summed E-state index contributed by atoms with van der Waals surface area (Å²) < 4.78 is 6.83. The van der Waals surface area contributed by atoms with E-state index in [-0.39, 0.29) is 11.8 Å². The average Bonchev–Trinajstić information content (AvgIpc) is 2.74. The molecule has 2 N–H and O–H groups in total. The van der Waals surface area contributed by atoms with Gasteiger partial charge in [0.1, 0.15) is 0 Å². The number of para-hydroxylation sites is 2. The topological polar surface area (TPSA) is 61.2 Å². The van der Waals surface area contributed by atoms with Crippen LogP contribution in [0.1, 0.15) is 22.7 Å². The second kappa shape index (κ2) is 5.22. The molecule has 0 amide bonds. The summed E-state index contributed by atoms with van der Waals surface area (Å²) in [5, 5.41) is 0. The molecule has 0 radical (unpaired) electrons. The molecule has 4 nitrogen and oxygen atoms in total. The average molecular weight is 282 g/mol. The van der Waals surface area contributed by atoms with Crippen molar-refractivity contribution >= 4 is 11.1 Å². The van der Waals surface area contributed by atoms with E-state index in [4.69, 9.17) is 10.2 Å². The molecular weight excluding hydrogens is 264 g/mol. The van der Waals surface area contributed by atoms with E-state index in [9.17, 15) is 4.79 Å². The number of benzene rings is 2. The van der Waals surface area contributed by atoms with Gasteiger partial charge in [-0.2, -0.15) is 0 Å². The quantitative estimate of drug-likeness (QED) is 0.803. The summed E-state index contributed by atoms with van der Waals surface area (Å²) in [6.07, 6.45) is 0. The Labute approximate surface area is 122 Å². The van der Waals surface area contributed by atoms with Crippen LogP contribution in [-0.2, 0) is 6.54 Å². The van der Waals surface area contributed by atoms with E-state index >= 15 is 0 Å². The molecule has 0 bridgehead atoms. The number of hydrogen-bond acceptors (Lipinski definition) is 3. The van der Waals surface area contributed by atoms with E-state index in [0.717, 1.165) is 11.1 Å². The Balaban J connectivity index is 1.98. The van der Waals surface area contributed by atoms with Gasteiger partial charge in [0.25, 0.3) is 0 Å². The number of oxazole rings is 1. The number of aromatic nitrogens is 1. The molecule has 1 unspecified atom stereocenters. The smallest absolute Gasteiger partial charge is 0.408 e. The summed E-state index contributed by atoms with van der Waals surface area (Å²) in [4.78, 5) is 12.0. The molecule has 0 fully saturated rings. The lowest BCUT2D eigenvalue weighted by Gasteiger charge is -2.14. The van der Waals surface area contributed by atoms with Crippen molar-refractivity contribution in [2.75, 3.05) is 0 Å². The monoisotopic (exact) mass is 282 g/mol. The summed E-state index contributed by atoms with van der Waals surface area (Å²) in [5.41, 5.74) is 11.0. The number of fused-ring (bicyclic) bond motifs is 1. The summed E-state index contributed by atoms with van der Waals surface area (Å²) >= 11 is 0. The summed E-state index contributed by atoms with van der Waals surface area (Å²) in [5.74, 6) is -0.365. The fourth-order valence-corrected chi connectivity index (χ4v) is 2.71. The van der Waals surface area contributed by atoms with Crippen molar-refractivity contribution in [1.82, 2.24) is 4.57 Å². The molecule has 1 heterocycles. The molecule has 0 aliphatic heterocycles. The van der Waals surface area contributed by atoms with Crippen molar-refractivity contribution in [2.45, 2.75) is 26.4 Å². The third-order valence-corrected chi connectivity index (χ3v) is 3.63. The lowest BCUT2D eigenvalue weighted by molar-refractivity contribution is 0.480. The zero-order chi connectivity index (χ0) is 15.0. The van der Waals surface area contributed by atoms with E-state index < -0.39 is 0 Å². The molecule has 0 aliphatic carbocycles. The van der Waals surface area contributed by atoms with Gasteiger partial charge in [0, 0.05) is 12.6 Å². The minimum atomic E-state index is -0.365. The van der Waals surface area contributed by atoms with Crippen LogP contribution >= 0.6 is 0 Å². The largest absolute Gasteiger partial charge is 0.420 e. The minimum Gasteiger partial charge on any atom is -0.408 e. The van der Waals surface area contributed by atoms with Crippen LogP contribution in [0, 0.1) is 13.8 Å². The van der Waals surface area contributed by atoms with Crippen LogP contribution in [0.2, 0.25) is 0 Å². The molecule has 0 saturated carbocycles. The van der Waals surface area contributed by atoms with Gasteiger partial charge in [0.05, 0.1) is 5.52 Å². The maximum atomic E-state index is 12.0. The number of nitrogens with zero attached hydrogens (tertiary/aromatic N) is 1. The van der Waals surface area contributed by atoms with E-state index in [0.29, 0.717) is 12.1 Å². The predicted octanol–water partition coefficient (Wildman–Crippen LogP) is 2.91. The fourth-order valence-electron chi connectivity index (χ4n) is 2.71. The van der Waals surface area contributed by atoms with Gasteiger partial charge in [-0.25, -0.2) is 4.79 Å². The van der Waals surface area contributed by atoms with Crippen LogP contribution in [0.3, 0.4) is 0 Å². The molecule has 4 heteroatoms. The minimum absolute atomic E-state index is 0.248. The van der Waals surface area contributed by atoms with Gasteiger partial charge in [-0.15, -0.1) is 0 Å². The molecule has 2 aromatic carbocycles. The molecule has 3 aromatic rings. The lowest BCUT2D eigenvalue weighted by atomic mass is 10.0. The van der Waals surface area contributed by atoms with E-state index in [2.05, 4.69) is 18.2 Å². The molecule has 108 valence electrons. The van der Waals surface area contributed by atoms with Gasteiger partial charge in [0.15, 0.2) is 5.58 Å². The number of hydrogen-bond donors (Lipinski definition) is 1. The number of aryl methyl sites for hydroxylation is 2. The van der Waals surface area contributed by atoms with E-state index in [1.54, 1.807) is 10.6 Å². The highest BCUT2D eigenvalue weighted by Crippen LogP contribution is 2.19. The Bertz CT molecular complexity index is 825. The van der Waals surface area contributed by atoms with Gasteiger partial charge in [-0.3, -0.25) is 4.57 Å². The molecule has 0 saturated heterocycles. The highest BCUT2D eigenvalue weighted by atomic mass is 16.4. The Hall–Kier alpha value is -2.33. The normalized spacial score (nSPS) is 12.7. The maximum absolute atomic E-state index is 12.0. The Morgan fingerprint density at radius 2 is 1.81 bits per heavy atom. The van der Waals surface area contributed by atoms with Crippen LogP contribution in [0.4, 0.5) is 0 Å². The third kappa shape index (κ3) is 2.62. The van der Waals surface area contributed by atoms with Gasteiger partial charge in [0.2, 0.25) is 0 Å². The van der Waals surface area contributed by atoms with Crippen molar-refractivity contribution in [3.8, 4) is 0 Å². The van der Waals surface area contributed by atoms with Crippen LogP contribution in [0.15, 0.2) is 51.7 Å². The van der Waals surface area contributed by atoms with Crippen LogP contribution in [0.5, 0.6) is 0 Å². The summed E-state index contributed by atoms with van der Waals surface area (Å²) in [6, 6.07) is 13.4. The van der Waals surface area contributed by atoms with Crippen LogP contribution < -0.4 is 11.5 Å². The van der Waals surface area contributed by atoms with Crippen molar-refractivity contribution in [3.05, 3.63) is 69.7 Å². The summed E-state index contributed by atoms with van der Waals surface area (Å²) in [7, 11) is 0. The third-order valence-electron chi connectivity index (χ3n) is 3.63. The number of nitrogens with two attached hydrogens (primary N) is 1. The number of rotatable bonds is 3. The zero-order valence-electron chi connectivity index (χ0n) is 12.2. The van der Waals surface area contributed by atoms with E-state index in [1.165, 1.54) is 11.1 Å². The first kappa shape index (κ1) is 13.6. The predicted molar refractivity (Wildman–Crippen MR) is 83.3 cm³/mol. The standard InChI is InChI=1S/C17H18N2O2/c1-11-7-12(2)9-13(8-11)14(18)10-19-15-5-3-4-6-16(15)21-17(19)20/h3-9,14H,10,18H2,1-2H3. The highest BCUT2D eigenvalue weighted by Gasteiger charge is 2.14. The molecule has 3 rings (SSSR count). The van der Waals surface area contributed by atoms with Gasteiger partial charge in [-0.1, -0.05) is 41.5 Å².